The molecule has 0 spiro atoms. The van der Waals surface area contributed by atoms with Crippen LogP contribution in [0.1, 0.15) is 59.8 Å². The summed E-state index contributed by atoms with van der Waals surface area (Å²) in [5, 5.41) is 9.96. The van der Waals surface area contributed by atoms with Gasteiger partial charge in [-0.2, -0.15) is 0 Å². The van der Waals surface area contributed by atoms with E-state index >= 15 is 0 Å². The van der Waals surface area contributed by atoms with E-state index < -0.39 is 0 Å². The fraction of sp³-hybridized carbons (Fsp3) is 1.00. The highest BCUT2D eigenvalue weighted by atomic mass is 16.3. The molecule has 0 bridgehead atoms. The van der Waals surface area contributed by atoms with E-state index in [4.69, 9.17) is 0 Å². The van der Waals surface area contributed by atoms with Crippen molar-refractivity contribution in [2.75, 3.05) is 0 Å². The van der Waals surface area contributed by atoms with Crippen LogP contribution in [0.3, 0.4) is 0 Å². The standard InChI is InChI=1S/C13H26O/c1-5-7-13(12(4)14)8-6-10(2)11(3)9-13/h10-12,14H,5-9H2,1-4H3/t10?,11?,12-,13?/m0/s1. The Morgan fingerprint density at radius 3 is 2.43 bits per heavy atom. The first-order valence-corrected chi connectivity index (χ1v) is 6.20. The molecule has 14 heavy (non-hydrogen) atoms. The smallest absolute Gasteiger partial charge is 0.0568 e. The molecule has 0 radical (unpaired) electrons. The molecule has 1 saturated carbocycles. The third kappa shape index (κ3) is 2.31. The lowest BCUT2D eigenvalue weighted by atomic mass is 9.62. The van der Waals surface area contributed by atoms with E-state index in [2.05, 4.69) is 20.8 Å². The van der Waals surface area contributed by atoms with E-state index in [0.29, 0.717) is 0 Å². The molecule has 0 aromatic carbocycles. The third-order valence-corrected chi connectivity index (χ3v) is 4.43. The maximum Gasteiger partial charge on any atom is 0.0568 e. The van der Waals surface area contributed by atoms with Crippen molar-refractivity contribution < 1.29 is 5.11 Å². The molecule has 1 nitrogen and oxygen atoms in total. The van der Waals surface area contributed by atoms with Crippen molar-refractivity contribution in [2.24, 2.45) is 17.3 Å². The second-order valence-electron chi connectivity index (χ2n) is 5.49. The Morgan fingerprint density at radius 2 is 2.00 bits per heavy atom. The summed E-state index contributed by atoms with van der Waals surface area (Å²) in [6, 6.07) is 0. The van der Waals surface area contributed by atoms with Crippen LogP contribution in [0.4, 0.5) is 0 Å². The van der Waals surface area contributed by atoms with Crippen LogP contribution >= 0.6 is 0 Å². The minimum Gasteiger partial charge on any atom is -0.393 e. The molecule has 1 heteroatoms. The fourth-order valence-corrected chi connectivity index (χ4v) is 3.06. The van der Waals surface area contributed by atoms with Crippen LogP contribution in [0.2, 0.25) is 0 Å². The second-order valence-corrected chi connectivity index (χ2v) is 5.49. The molecule has 1 rings (SSSR count). The quantitative estimate of drug-likeness (QED) is 0.734. The van der Waals surface area contributed by atoms with Crippen LogP contribution in [-0.4, -0.2) is 11.2 Å². The molecule has 0 saturated heterocycles. The van der Waals surface area contributed by atoms with Gasteiger partial charge in [-0.05, 0) is 49.9 Å². The van der Waals surface area contributed by atoms with Crippen LogP contribution in [0.5, 0.6) is 0 Å². The van der Waals surface area contributed by atoms with Gasteiger partial charge < -0.3 is 5.11 Å². The summed E-state index contributed by atoms with van der Waals surface area (Å²) in [5.74, 6) is 1.63. The van der Waals surface area contributed by atoms with Crippen molar-refractivity contribution in [1.82, 2.24) is 0 Å². The van der Waals surface area contributed by atoms with Crippen LogP contribution in [-0.2, 0) is 0 Å². The van der Waals surface area contributed by atoms with Gasteiger partial charge in [0.15, 0.2) is 0 Å². The second kappa shape index (κ2) is 4.65. The lowest BCUT2D eigenvalue weighted by molar-refractivity contribution is -0.0265. The third-order valence-electron chi connectivity index (χ3n) is 4.43. The Hall–Kier alpha value is -0.0400. The van der Waals surface area contributed by atoms with E-state index in [1.807, 2.05) is 6.92 Å². The molecule has 0 aromatic heterocycles. The molecule has 0 amide bonds. The topological polar surface area (TPSA) is 20.2 Å². The highest BCUT2D eigenvalue weighted by molar-refractivity contribution is 4.90. The lowest BCUT2D eigenvalue weighted by Gasteiger charge is -2.45. The molecule has 0 aliphatic heterocycles. The summed E-state index contributed by atoms with van der Waals surface area (Å²) >= 11 is 0. The lowest BCUT2D eigenvalue weighted by Crippen LogP contribution is -2.39. The first-order chi connectivity index (χ1) is 6.52. The van der Waals surface area contributed by atoms with E-state index in [0.717, 1.165) is 11.8 Å². The average Bonchev–Trinajstić information content (AvgIpc) is 2.12. The molecule has 0 heterocycles. The maximum absolute atomic E-state index is 9.96. The Balaban J connectivity index is 2.69. The molecule has 84 valence electrons. The van der Waals surface area contributed by atoms with Gasteiger partial charge in [0, 0.05) is 0 Å². The van der Waals surface area contributed by atoms with Crippen molar-refractivity contribution in [3.63, 3.8) is 0 Å². The summed E-state index contributed by atoms with van der Waals surface area (Å²) in [6.45, 7) is 8.91. The molecule has 4 atom stereocenters. The van der Waals surface area contributed by atoms with Crippen molar-refractivity contribution in [1.29, 1.82) is 0 Å². The zero-order chi connectivity index (χ0) is 10.8. The molecule has 0 aromatic rings. The van der Waals surface area contributed by atoms with Gasteiger partial charge in [0.1, 0.15) is 0 Å². The van der Waals surface area contributed by atoms with E-state index in [-0.39, 0.29) is 11.5 Å². The normalized spacial score (nSPS) is 40.9. The predicted octanol–water partition coefficient (Wildman–Crippen LogP) is 3.61. The van der Waals surface area contributed by atoms with Crippen LogP contribution < -0.4 is 0 Å². The minimum atomic E-state index is -0.127. The van der Waals surface area contributed by atoms with Crippen molar-refractivity contribution in [3.8, 4) is 0 Å². The highest BCUT2D eigenvalue weighted by Gasteiger charge is 2.40. The number of hydrogen-bond donors (Lipinski definition) is 1. The van der Waals surface area contributed by atoms with Gasteiger partial charge in [-0.15, -0.1) is 0 Å². The van der Waals surface area contributed by atoms with Crippen molar-refractivity contribution in [2.45, 2.75) is 65.9 Å². The number of aliphatic hydroxyl groups is 1. The van der Waals surface area contributed by atoms with E-state index in [9.17, 15) is 5.11 Å². The zero-order valence-electron chi connectivity index (χ0n) is 10.2. The largest absolute Gasteiger partial charge is 0.393 e. The number of rotatable bonds is 3. The SMILES string of the molecule is CCCC1([C@H](C)O)CCC(C)C(C)C1. The highest BCUT2D eigenvalue weighted by Crippen LogP contribution is 2.47. The summed E-state index contributed by atoms with van der Waals surface area (Å²) in [5.41, 5.74) is 0.237. The van der Waals surface area contributed by atoms with Gasteiger partial charge >= 0.3 is 0 Å². The van der Waals surface area contributed by atoms with Gasteiger partial charge in [0.05, 0.1) is 6.10 Å². The number of aliphatic hydroxyl groups excluding tert-OH is 1. The maximum atomic E-state index is 9.96. The first-order valence-electron chi connectivity index (χ1n) is 6.20. The molecule has 3 unspecified atom stereocenters. The van der Waals surface area contributed by atoms with E-state index in [1.54, 1.807) is 0 Å². The predicted molar refractivity (Wildman–Crippen MR) is 61.2 cm³/mol. The van der Waals surface area contributed by atoms with Gasteiger partial charge in [-0.3, -0.25) is 0 Å². The monoisotopic (exact) mass is 198 g/mol. The van der Waals surface area contributed by atoms with Gasteiger partial charge in [0.2, 0.25) is 0 Å². The summed E-state index contributed by atoms with van der Waals surface area (Å²) in [6.07, 6.45) is 6.01. The molecule has 1 fully saturated rings. The summed E-state index contributed by atoms with van der Waals surface area (Å²) < 4.78 is 0. The van der Waals surface area contributed by atoms with Crippen molar-refractivity contribution >= 4 is 0 Å². The summed E-state index contributed by atoms with van der Waals surface area (Å²) in [4.78, 5) is 0. The van der Waals surface area contributed by atoms with Crippen LogP contribution in [0, 0.1) is 17.3 Å². The Kier molecular flexibility index (Phi) is 4.00. The van der Waals surface area contributed by atoms with Crippen molar-refractivity contribution in [3.05, 3.63) is 0 Å². The molecular weight excluding hydrogens is 172 g/mol. The Labute approximate surface area is 88.9 Å². The van der Waals surface area contributed by atoms with Gasteiger partial charge in [-0.25, -0.2) is 0 Å². The van der Waals surface area contributed by atoms with E-state index in [1.165, 1.54) is 32.1 Å². The first kappa shape index (κ1) is 12.0. The average molecular weight is 198 g/mol. The summed E-state index contributed by atoms with van der Waals surface area (Å²) in [7, 11) is 0. The Bertz CT molecular complexity index is 176. The molecular formula is C13H26O. The van der Waals surface area contributed by atoms with Crippen LogP contribution in [0.25, 0.3) is 0 Å². The van der Waals surface area contributed by atoms with Crippen LogP contribution in [0.15, 0.2) is 0 Å². The molecule has 1 N–H and O–H groups in total. The minimum absolute atomic E-state index is 0.127. The zero-order valence-corrected chi connectivity index (χ0v) is 10.2. The Morgan fingerprint density at radius 1 is 1.36 bits per heavy atom. The number of hydrogen-bond acceptors (Lipinski definition) is 1. The fourth-order valence-electron chi connectivity index (χ4n) is 3.06. The van der Waals surface area contributed by atoms with Gasteiger partial charge in [0.25, 0.3) is 0 Å². The molecule has 1 aliphatic rings. The molecule has 1 aliphatic carbocycles. The van der Waals surface area contributed by atoms with Gasteiger partial charge in [-0.1, -0.05) is 27.2 Å².